The summed E-state index contributed by atoms with van der Waals surface area (Å²) >= 11 is 0. The average molecular weight is 206 g/mol. The summed E-state index contributed by atoms with van der Waals surface area (Å²) in [6, 6.07) is 7.51. The SMILES string of the molecule is CC(C)c1cccc(CC(N)C(N)=O)c1. The monoisotopic (exact) mass is 206 g/mol. The molecule has 0 heterocycles. The van der Waals surface area contributed by atoms with Crippen LogP contribution in [0, 0.1) is 0 Å². The van der Waals surface area contributed by atoms with Crippen LogP contribution in [0.2, 0.25) is 0 Å². The van der Waals surface area contributed by atoms with E-state index in [1.165, 1.54) is 5.56 Å². The first-order valence-corrected chi connectivity index (χ1v) is 5.14. The Hall–Kier alpha value is -1.35. The predicted molar refractivity (Wildman–Crippen MR) is 61.4 cm³/mol. The van der Waals surface area contributed by atoms with Crippen LogP contribution in [0.15, 0.2) is 24.3 Å². The summed E-state index contributed by atoms with van der Waals surface area (Å²) in [5.41, 5.74) is 13.0. The highest BCUT2D eigenvalue weighted by molar-refractivity contribution is 5.79. The summed E-state index contributed by atoms with van der Waals surface area (Å²) in [5, 5.41) is 0. The Balaban J connectivity index is 2.78. The molecular formula is C12H18N2O. The van der Waals surface area contributed by atoms with E-state index in [0.29, 0.717) is 12.3 Å². The van der Waals surface area contributed by atoms with Crippen LogP contribution in [0.4, 0.5) is 0 Å². The summed E-state index contributed by atoms with van der Waals surface area (Å²) in [4.78, 5) is 10.8. The molecule has 0 aliphatic rings. The second-order valence-electron chi connectivity index (χ2n) is 4.11. The van der Waals surface area contributed by atoms with Crippen LogP contribution >= 0.6 is 0 Å². The van der Waals surface area contributed by atoms with Crippen molar-refractivity contribution in [1.82, 2.24) is 0 Å². The Kier molecular flexibility index (Phi) is 3.86. The third kappa shape index (κ3) is 3.36. The van der Waals surface area contributed by atoms with Crippen molar-refractivity contribution in [1.29, 1.82) is 0 Å². The minimum atomic E-state index is -0.590. The minimum Gasteiger partial charge on any atom is -0.368 e. The molecule has 0 spiro atoms. The molecule has 1 amide bonds. The van der Waals surface area contributed by atoms with Gasteiger partial charge in [-0.15, -0.1) is 0 Å². The van der Waals surface area contributed by atoms with E-state index in [0.717, 1.165) is 5.56 Å². The van der Waals surface area contributed by atoms with Crippen molar-refractivity contribution in [3.63, 3.8) is 0 Å². The Morgan fingerprint density at radius 1 is 1.40 bits per heavy atom. The average Bonchev–Trinajstić information content (AvgIpc) is 2.18. The summed E-state index contributed by atoms with van der Waals surface area (Å²) < 4.78 is 0. The van der Waals surface area contributed by atoms with E-state index in [9.17, 15) is 4.79 Å². The molecule has 1 aromatic carbocycles. The zero-order valence-corrected chi connectivity index (χ0v) is 9.23. The summed E-state index contributed by atoms with van der Waals surface area (Å²) in [5.74, 6) is 0.0275. The molecule has 0 saturated carbocycles. The van der Waals surface area contributed by atoms with Gasteiger partial charge < -0.3 is 11.5 Å². The van der Waals surface area contributed by atoms with Crippen molar-refractivity contribution in [3.05, 3.63) is 35.4 Å². The van der Waals surface area contributed by atoms with Crippen molar-refractivity contribution in [3.8, 4) is 0 Å². The van der Waals surface area contributed by atoms with E-state index >= 15 is 0 Å². The van der Waals surface area contributed by atoms with E-state index in [1.54, 1.807) is 0 Å². The maximum absolute atomic E-state index is 10.8. The van der Waals surface area contributed by atoms with Crippen LogP contribution in [-0.2, 0) is 11.2 Å². The van der Waals surface area contributed by atoms with Gasteiger partial charge >= 0.3 is 0 Å². The topological polar surface area (TPSA) is 69.1 Å². The molecule has 0 bridgehead atoms. The van der Waals surface area contributed by atoms with Gasteiger partial charge in [-0.3, -0.25) is 4.79 Å². The molecule has 1 rings (SSSR count). The molecule has 0 radical (unpaired) electrons. The zero-order valence-electron chi connectivity index (χ0n) is 9.23. The highest BCUT2D eigenvalue weighted by atomic mass is 16.1. The van der Waals surface area contributed by atoms with Gasteiger partial charge in [0.05, 0.1) is 6.04 Å². The maximum Gasteiger partial charge on any atom is 0.234 e. The fraction of sp³-hybridized carbons (Fsp3) is 0.417. The molecule has 0 aromatic heterocycles. The van der Waals surface area contributed by atoms with Crippen LogP contribution in [0.1, 0.15) is 30.9 Å². The molecule has 1 atom stereocenters. The lowest BCUT2D eigenvalue weighted by molar-refractivity contribution is -0.119. The molecular weight excluding hydrogens is 188 g/mol. The van der Waals surface area contributed by atoms with Crippen molar-refractivity contribution in [2.45, 2.75) is 32.2 Å². The standard InChI is InChI=1S/C12H18N2O/c1-8(2)10-5-3-4-9(6-10)7-11(13)12(14)15/h3-6,8,11H,7,13H2,1-2H3,(H2,14,15). The van der Waals surface area contributed by atoms with Gasteiger partial charge in [-0.2, -0.15) is 0 Å². The van der Waals surface area contributed by atoms with Crippen LogP contribution in [0.5, 0.6) is 0 Å². The van der Waals surface area contributed by atoms with E-state index in [2.05, 4.69) is 26.0 Å². The predicted octanol–water partition coefficient (Wildman–Crippen LogP) is 1.17. The van der Waals surface area contributed by atoms with Crippen molar-refractivity contribution in [2.75, 3.05) is 0 Å². The first-order valence-electron chi connectivity index (χ1n) is 5.14. The van der Waals surface area contributed by atoms with Gasteiger partial charge in [0, 0.05) is 0 Å². The van der Waals surface area contributed by atoms with Crippen LogP contribution in [-0.4, -0.2) is 11.9 Å². The second kappa shape index (κ2) is 4.94. The highest BCUT2D eigenvalue weighted by Gasteiger charge is 2.10. The normalized spacial score (nSPS) is 12.8. The molecule has 15 heavy (non-hydrogen) atoms. The van der Waals surface area contributed by atoms with Crippen molar-refractivity contribution < 1.29 is 4.79 Å². The van der Waals surface area contributed by atoms with E-state index in [4.69, 9.17) is 11.5 Å². The van der Waals surface area contributed by atoms with Crippen molar-refractivity contribution in [2.24, 2.45) is 11.5 Å². The van der Waals surface area contributed by atoms with Gasteiger partial charge in [0.25, 0.3) is 0 Å². The number of hydrogen-bond donors (Lipinski definition) is 2. The number of primary amides is 1. The fourth-order valence-electron chi connectivity index (χ4n) is 1.43. The molecule has 4 N–H and O–H groups in total. The molecule has 82 valence electrons. The summed E-state index contributed by atoms with van der Waals surface area (Å²) in [6.07, 6.45) is 0.510. The lowest BCUT2D eigenvalue weighted by atomic mass is 9.98. The number of rotatable bonds is 4. The number of hydrogen-bond acceptors (Lipinski definition) is 2. The molecule has 3 heteroatoms. The summed E-state index contributed by atoms with van der Waals surface area (Å²) in [7, 11) is 0. The van der Waals surface area contributed by atoms with Crippen LogP contribution in [0.25, 0.3) is 0 Å². The fourth-order valence-corrected chi connectivity index (χ4v) is 1.43. The third-order valence-corrected chi connectivity index (χ3v) is 2.44. The molecule has 0 fully saturated rings. The first kappa shape index (κ1) is 11.7. The number of carbonyl (C=O) groups excluding carboxylic acids is 1. The van der Waals surface area contributed by atoms with Gasteiger partial charge in [0.1, 0.15) is 0 Å². The smallest absolute Gasteiger partial charge is 0.234 e. The van der Waals surface area contributed by atoms with Gasteiger partial charge in [-0.05, 0) is 23.5 Å². The largest absolute Gasteiger partial charge is 0.368 e. The Bertz CT molecular complexity index is 347. The number of amides is 1. The third-order valence-electron chi connectivity index (χ3n) is 2.44. The molecule has 1 aromatic rings. The number of carbonyl (C=O) groups is 1. The van der Waals surface area contributed by atoms with Gasteiger partial charge in [-0.25, -0.2) is 0 Å². The second-order valence-corrected chi connectivity index (χ2v) is 4.11. The van der Waals surface area contributed by atoms with E-state index in [1.807, 2.05) is 12.1 Å². The minimum absolute atomic E-state index is 0.454. The molecule has 0 aliphatic heterocycles. The van der Waals surface area contributed by atoms with Crippen LogP contribution in [0.3, 0.4) is 0 Å². The number of benzene rings is 1. The van der Waals surface area contributed by atoms with E-state index in [-0.39, 0.29) is 0 Å². The van der Waals surface area contributed by atoms with Crippen LogP contribution < -0.4 is 11.5 Å². The highest BCUT2D eigenvalue weighted by Crippen LogP contribution is 2.16. The summed E-state index contributed by atoms with van der Waals surface area (Å²) in [6.45, 7) is 4.26. The lowest BCUT2D eigenvalue weighted by Gasteiger charge is -2.10. The Morgan fingerprint density at radius 2 is 2.07 bits per heavy atom. The zero-order chi connectivity index (χ0) is 11.4. The van der Waals surface area contributed by atoms with Crippen molar-refractivity contribution >= 4 is 5.91 Å². The Morgan fingerprint density at radius 3 is 2.60 bits per heavy atom. The molecule has 1 unspecified atom stereocenters. The maximum atomic E-state index is 10.8. The Labute approximate surface area is 90.5 Å². The van der Waals surface area contributed by atoms with E-state index < -0.39 is 11.9 Å². The lowest BCUT2D eigenvalue weighted by Crippen LogP contribution is -2.38. The van der Waals surface area contributed by atoms with Gasteiger partial charge in [0.15, 0.2) is 0 Å². The van der Waals surface area contributed by atoms with Gasteiger partial charge in [-0.1, -0.05) is 38.1 Å². The molecule has 3 nitrogen and oxygen atoms in total. The molecule has 0 saturated heterocycles. The van der Waals surface area contributed by atoms with Gasteiger partial charge in [0.2, 0.25) is 5.91 Å². The number of nitrogens with two attached hydrogens (primary N) is 2. The first-order chi connectivity index (χ1) is 7.00. The quantitative estimate of drug-likeness (QED) is 0.776. The molecule has 0 aliphatic carbocycles.